The Bertz CT molecular complexity index is 113. The first-order valence-corrected chi connectivity index (χ1v) is 8.99. The molecule has 0 fully saturated rings. The molecule has 0 aliphatic carbocycles. The lowest BCUT2D eigenvalue weighted by atomic mass is 9.96. The molecule has 0 saturated heterocycles. The number of hydrogen-bond acceptors (Lipinski definition) is 4. The van der Waals surface area contributed by atoms with Crippen LogP contribution in [0.5, 0.6) is 0 Å². The molecule has 1 unspecified atom stereocenters. The number of hydrogen-bond donors (Lipinski definition) is 0. The standard InChI is InChI=1S/C7H16.C6H14.2CH4.2S2/c1-5-7(4)6(2)3;1-4-6(3)5-2;;;2*1-2/h6-7H,5H2,1-4H3;6H,4-5H2,1-3H3;2*1H4;;. The van der Waals surface area contributed by atoms with Crippen molar-refractivity contribution < 1.29 is 0 Å². The SMILES string of the molecule is C.C.CCC(C)C(C)C.CCC(C)CC.S=S.S=S. The maximum atomic E-state index is 3.67. The van der Waals surface area contributed by atoms with Gasteiger partial charge in [-0.15, -0.1) is 0 Å². The maximum absolute atomic E-state index is 3.67. The predicted octanol–water partition coefficient (Wildman–Crippen LogP) is 6.39. The fourth-order valence-corrected chi connectivity index (χ4v) is 0.760. The minimum absolute atomic E-state index is 0. The molecule has 0 N–H and O–H groups in total. The van der Waals surface area contributed by atoms with Gasteiger partial charge in [-0.3, -0.25) is 0 Å². The lowest BCUT2D eigenvalue weighted by molar-refractivity contribution is 0.407. The molecule has 0 heterocycles. The molecule has 0 aromatic heterocycles. The highest BCUT2D eigenvalue weighted by Crippen LogP contribution is 2.11. The van der Waals surface area contributed by atoms with Crippen molar-refractivity contribution in [2.45, 2.75) is 82.6 Å². The van der Waals surface area contributed by atoms with Crippen molar-refractivity contribution in [3.8, 4) is 0 Å². The Morgan fingerprint density at radius 1 is 0.632 bits per heavy atom. The quantitative estimate of drug-likeness (QED) is 0.577. The molecule has 0 radical (unpaired) electrons. The molecule has 122 valence electrons. The van der Waals surface area contributed by atoms with E-state index in [0.29, 0.717) is 0 Å². The molecule has 0 aliphatic rings. The van der Waals surface area contributed by atoms with E-state index in [0.717, 1.165) is 17.8 Å². The molecule has 4 heteroatoms. The molecule has 0 aromatic rings. The zero-order valence-corrected chi connectivity index (χ0v) is 15.8. The third-order valence-corrected chi connectivity index (χ3v) is 3.18. The van der Waals surface area contributed by atoms with Gasteiger partial charge in [0.15, 0.2) is 0 Å². The summed E-state index contributed by atoms with van der Waals surface area (Å²) in [6.07, 6.45) is 3.98. The zero-order chi connectivity index (χ0) is 14.9. The van der Waals surface area contributed by atoms with E-state index in [1.54, 1.807) is 0 Å². The van der Waals surface area contributed by atoms with Crippen LogP contribution < -0.4 is 0 Å². The molecule has 1 atom stereocenters. The van der Waals surface area contributed by atoms with Crippen LogP contribution in [0.15, 0.2) is 0 Å². The summed E-state index contributed by atoms with van der Waals surface area (Å²) in [7, 11) is 0. The van der Waals surface area contributed by atoms with Crippen LogP contribution >= 0.6 is 0 Å². The van der Waals surface area contributed by atoms with Crippen molar-refractivity contribution in [1.82, 2.24) is 0 Å². The second kappa shape index (κ2) is 36.4. The second-order valence-corrected chi connectivity index (χ2v) is 4.55. The van der Waals surface area contributed by atoms with Gasteiger partial charge in [-0.1, -0.05) is 82.6 Å². The van der Waals surface area contributed by atoms with E-state index in [9.17, 15) is 0 Å². The molecule has 0 spiro atoms. The van der Waals surface area contributed by atoms with Crippen LogP contribution in [0, 0.1) is 17.8 Å². The third kappa shape index (κ3) is 45.4. The first kappa shape index (κ1) is 36.8. The summed E-state index contributed by atoms with van der Waals surface area (Å²) < 4.78 is 0. The first-order valence-electron chi connectivity index (χ1n) is 6.32. The fraction of sp³-hybridized carbons (Fsp3) is 1.00. The Morgan fingerprint density at radius 3 is 0.895 bits per heavy atom. The molecule has 0 aliphatic heterocycles. The van der Waals surface area contributed by atoms with E-state index in [1.807, 2.05) is 0 Å². The molecule has 0 saturated carbocycles. The Balaban J connectivity index is -0.0000000326. The van der Waals surface area contributed by atoms with Crippen LogP contribution in [-0.2, 0) is 44.8 Å². The molecule has 0 rings (SSSR count). The topological polar surface area (TPSA) is 0 Å². The van der Waals surface area contributed by atoms with Crippen molar-refractivity contribution >= 4 is 44.8 Å². The minimum Gasteiger partial charge on any atom is -0.0776 e. The monoisotopic (exact) mass is 346 g/mol. The second-order valence-electron chi connectivity index (χ2n) is 4.55. The minimum atomic E-state index is 0. The van der Waals surface area contributed by atoms with Crippen LogP contribution in [-0.4, -0.2) is 0 Å². The molecular formula is C15H38S4. The Morgan fingerprint density at radius 2 is 0.895 bits per heavy atom. The molecule has 0 nitrogen and oxygen atoms in total. The van der Waals surface area contributed by atoms with Gasteiger partial charge in [0, 0.05) is 44.8 Å². The van der Waals surface area contributed by atoms with Crippen LogP contribution in [0.4, 0.5) is 0 Å². The highest BCUT2D eigenvalue weighted by atomic mass is 32.8. The van der Waals surface area contributed by atoms with Gasteiger partial charge in [-0.2, -0.15) is 0 Å². The Hall–Kier alpha value is 0.880. The molecule has 0 bridgehead atoms. The van der Waals surface area contributed by atoms with Gasteiger partial charge in [0.2, 0.25) is 0 Å². The van der Waals surface area contributed by atoms with E-state index < -0.39 is 0 Å². The summed E-state index contributed by atoms with van der Waals surface area (Å²) in [5, 5.41) is 0. The van der Waals surface area contributed by atoms with Crippen molar-refractivity contribution in [2.75, 3.05) is 0 Å². The zero-order valence-electron chi connectivity index (χ0n) is 12.5. The van der Waals surface area contributed by atoms with Gasteiger partial charge in [0.05, 0.1) is 0 Å². The highest BCUT2D eigenvalue weighted by molar-refractivity contribution is 8.07. The lowest BCUT2D eigenvalue weighted by Crippen LogP contribution is -2.00. The van der Waals surface area contributed by atoms with Gasteiger partial charge >= 0.3 is 0 Å². The summed E-state index contributed by atoms with van der Waals surface area (Å²) in [6, 6.07) is 0. The van der Waals surface area contributed by atoms with Crippen molar-refractivity contribution in [1.29, 1.82) is 0 Å². The van der Waals surface area contributed by atoms with Gasteiger partial charge in [0.1, 0.15) is 0 Å². The van der Waals surface area contributed by atoms with Crippen molar-refractivity contribution in [2.24, 2.45) is 17.8 Å². The first-order chi connectivity index (χ1) is 7.99. The normalized spacial score (nSPS) is 9.11. The van der Waals surface area contributed by atoms with Gasteiger partial charge in [0.25, 0.3) is 0 Å². The van der Waals surface area contributed by atoms with Gasteiger partial charge in [-0.05, 0) is 17.8 Å². The smallest absolute Gasteiger partial charge is 0 e. The largest absolute Gasteiger partial charge is 0.0776 e. The van der Waals surface area contributed by atoms with Gasteiger partial charge < -0.3 is 0 Å². The number of rotatable bonds is 4. The van der Waals surface area contributed by atoms with Crippen molar-refractivity contribution in [3.05, 3.63) is 0 Å². The maximum Gasteiger partial charge on any atom is 0 e. The molecule has 0 amide bonds. The van der Waals surface area contributed by atoms with E-state index >= 15 is 0 Å². The van der Waals surface area contributed by atoms with Crippen LogP contribution in [0.25, 0.3) is 0 Å². The summed E-state index contributed by atoms with van der Waals surface area (Å²) in [5.41, 5.74) is 0. The molecule has 19 heavy (non-hydrogen) atoms. The Labute approximate surface area is 144 Å². The average molecular weight is 347 g/mol. The summed E-state index contributed by atoms with van der Waals surface area (Å²) in [6.45, 7) is 15.8. The Kier molecular flexibility index (Phi) is 70.4. The average Bonchev–Trinajstić information content (AvgIpc) is 2.41. The van der Waals surface area contributed by atoms with E-state index in [4.69, 9.17) is 0 Å². The third-order valence-electron chi connectivity index (χ3n) is 3.18. The fourth-order valence-electron chi connectivity index (χ4n) is 0.760. The van der Waals surface area contributed by atoms with Crippen molar-refractivity contribution in [3.63, 3.8) is 0 Å². The van der Waals surface area contributed by atoms with Crippen LogP contribution in [0.2, 0.25) is 0 Å². The molecule has 0 aromatic carbocycles. The summed E-state index contributed by atoms with van der Waals surface area (Å²) >= 11 is 14.7. The van der Waals surface area contributed by atoms with Gasteiger partial charge in [-0.25, -0.2) is 0 Å². The van der Waals surface area contributed by atoms with Crippen LogP contribution in [0.3, 0.4) is 0 Å². The van der Waals surface area contributed by atoms with E-state index in [-0.39, 0.29) is 14.9 Å². The highest BCUT2D eigenvalue weighted by Gasteiger charge is 2.01. The lowest BCUT2D eigenvalue weighted by Gasteiger charge is -2.10. The molecular weight excluding hydrogens is 308 g/mol. The summed E-state index contributed by atoms with van der Waals surface area (Å²) in [4.78, 5) is 0. The van der Waals surface area contributed by atoms with E-state index in [2.05, 4.69) is 93.2 Å². The predicted molar refractivity (Wildman–Crippen MR) is 107 cm³/mol. The van der Waals surface area contributed by atoms with Crippen LogP contribution in [0.1, 0.15) is 82.6 Å². The summed E-state index contributed by atoms with van der Waals surface area (Å²) in [5.74, 6) is 2.70. The van der Waals surface area contributed by atoms with E-state index in [1.165, 1.54) is 19.3 Å².